The van der Waals surface area contributed by atoms with Gasteiger partial charge in [-0.15, -0.1) is 5.10 Å². The van der Waals surface area contributed by atoms with Crippen molar-refractivity contribution in [1.29, 1.82) is 0 Å². The molecule has 27 heavy (non-hydrogen) atoms. The van der Waals surface area contributed by atoms with Crippen molar-refractivity contribution in [1.82, 2.24) is 24.9 Å². The van der Waals surface area contributed by atoms with Gasteiger partial charge in [0.1, 0.15) is 11.4 Å². The van der Waals surface area contributed by atoms with Crippen LogP contribution in [0.15, 0.2) is 35.4 Å². The summed E-state index contributed by atoms with van der Waals surface area (Å²) in [5.41, 5.74) is 1.89. The first-order chi connectivity index (χ1) is 12.5. The van der Waals surface area contributed by atoms with Gasteiger partial charge in [-0.2, -0.15) is 0 Å². The molecule has 3 fully saturated rings. The summed E-state index contributed by atoms with van der Waals surface area (Å²) >= 11 is 0. The van der Waals surface area contributed by atoms with Crippen LogP contribution in [-0.4, -0.2) is 144 Å². The molecule has 0 aromatic carbocycles. The number of H-pyrrole nitrogens is 1. The predicted octanol–water partition coefficient (Wildman–Crippen LogP) is -2.71. The van der Waals surface area contributed by atoms with E-state index < -0.39 is 7.32 Å². The van der Waals surface area contributed by atoms with Gasteiger partial charge in [0.25, 0.3) is 0 Å². The van der Waals surface area contributed by atoms with Gasteiger partial charge in [-0.3, -0.25) is 14.7 Å². The molecule has 3 saturated heterocycles. The molecule has 4 heterocycles. The summed E-state index contributed by atoms with van der Waals surface area (Å²) < 4.78 is 4.32. The normalized spacial score (nSPS) is 19.8. The quantitative estimate of drug-likeness (QED) is 0.276. The molecule has 4 aliphatic rings. The number of Topliss-reactive ketones (excluding diaryl/α,β-unsaturated/α-hetero) is 1. The number of hydrogen-bond acceptors (Lipinski definition) is 9. The van der Waals surface area contributed by atoms with Crippen molar-refractivity contribution < 1.29 is 24.3 Å². The van der Waals surface area contributed by atoms with Crippen molar-refractivity contribution >= 4 is 70.3 Å². The van der Waals surface area contributed by atoms with Gasteiger partial charge in [-0.05, 0) is 0 Å². The van der Waals surface area contributed by atoms with Crippen molar-refractivity contribution in [2.45, 2.75) is 0 Å². The van der Waals surface area contributed by atoms with Gasteiger partial charge in [-0.1, -0.05) is 0 Å². The molecule has 0 bridgehead atoms. The summed E-state index contributed by atoms with van der Waals surface area (Å²) in [4.78, 5) is 30.5. The van der Waals surface area contributed by atoms with Crippen LogP contribution in [0.3, 0.4) is 0 Å². The Morgan fingerprint density at radius 3 is 2.07 bits per heavy atom. The first-order valence-electron chi connectivity index (χ1n) is 8.37. The third-order valence-electron chi connectivity index (χ3n) is 4.19. The second kappa shape index (κ2) is 8.47. The Morgan fingerprint density at radius 2 is 1.59 bits per heavy atom. The van der Waals surface area contributed by atoms with E-state index in [1.165, 1.54) is 18.3 Å². The minimum atomic E-state index is -1.80. The average Bonchev–Trinajstić information content (AvgIpc) is 3.44. The monoisotopic (exact) mass is 399 g/mol. The first kappa shape index (κ1) is 20.6. The predicted molar refractivity (Wildman–Crippen MR) is 96.4 cm³/mol. The van der Waals surface area contributed by atoms with Crippen molar-refractivity contribution in [2.24, 2.45) is 0 Å². The molecule has 10 nitrogen and oxygen atoms in total. The van der Waals surface area contributed by atoms with Crippen molar-refractivity contribution in [3.8, 4) is 5.88 Å². The maximum absolute atomic E-state index is 12.4. The number of ketones is 2. The molecule has 138 valence electrons. The first-order valence-corrected chi connectivity index (χ1v) is 8.37. The van der Waals surface area contributed by atoms with Crippen LogP contribution in [0, 0.1) is 0 Å². The van der Waals surface area contributed by atoms with Gasteiger partial charge in [0.2, 0.25) is 17.4 Å². The molecule has 0 amide bonds. The number of nitrogens with one attached hydrogen (secondary N) is 1. The van der Waals surface area contributed by atoms with E-state index in [1.54, 1.807) is 0 Å². The summed E-state index contributed by atoms with van der Waals surface area (Å²) in [5, 5.41) is 22.3. The fraction of sp³-hybridized carbons (Fsp3) is 0.400. The number of rotatable bonds is 5. The molecule has 0 atom stereocenters. The number of allylic oxidation sites excluding steroid dienone is 1. The molecule has 0 saturated carbocycles. The third kappa shape index (κ3) is 5.02. The van der Waals surface area contributed by atoms with Gasteiger partial charge >= 0.3 is 58.7 Å². The Bertz CT molecular complexity index is 785. The molecule has 12 heteroatoms. The van der Waals surface area contributed by atoms with E-state index in [4.69, 9.17) is 10.0 Å². The van der Waals surface area contributed by atoms with E-state index in [0.29, 0.717) is 17.1 Å². The number of aromatic amines is 1. The molecule has 3 N–H and O–H groups in total. The molecule has 0 unspecified atom stereocenters. The number of carbonyl (C=O) groups excluding carboxylic acids is 2. The van der Waals surface area contributed by atoms with Gasteiger partial charge in [0.15, 0.2) is 0 Å². The van der Waals surface area contributed by atoms with Crippen molar-refractivity contribution in [3.63, 3.8) is 0 Å². The fourth-order valence-corrected chi connectivity index (χ4v) is 2.70. The standard InChI is InChI=1S/C12H13N3O2.C3H5BN2O3.K.H/c16-9-7-8(13-1-2-13)12(17)11(15-5-6-15)10(9)14-3-4-14;7-4(8)9-3-1-2-5-6-3;;/h7H,1-6H2;1-2,7-8H,(H,5,6);;. The summed E-state index contributed by atoms with van der Waals surface area (Å²) in [7, 11) is -1.80. The average molecular weight is 399 g/mol. The topological polar surface area (TPSA) is 122 Å². The van der Waals surface area contributed by atoms with E-state index >= 15 is 0 Å². The van der Waals surface area contributed by atoms with Crippen LogP contribution >= 0.6 is 0 Å². The molecule has 0 spiro atoms. The Balaban J connectivity index is 0.000000181. The molecule has 1 aliphatic carbocycles. The van der Waals surface area contributed by atoms with E-state index in [1.807, 2.05) is 14.7 Å². The van der Waals surface area contributed by atoms with E-state index in [2.05, 4.69) is 14.9 Å². The van der Waals surface area contributed by atoms with Crippen LogP contribution in [0.2, 0.25) is 0 Å². The summed E-state index contributed by atoms with van der Waals surface area (Å²) in [6.07, 6.45) is 3.04. The summed E-state index contributed by atoms with van der Waals surface area (Å²) in [6, 6.07) is 1.47. The Labute approximate surface area is 198 Å². The Kier molecular flexibility index (Phi) is 6.46. The summed E-state index contributed by atoms with van der Waals surface area (Å²) in [5.74, 6) is 0.206. The molecule has 0 radical (unpaired) electrons. The Hall–Kier alpha value is -1.15. The molecule has 1 aromatic heterocycles. The zero-order valence-corrected chi connectivity index (χ0v) is 14.0. The molecule has 5 rings (SSSR count). The minimum absolute atomic E-state index is 0. The van der Waals surface area contributed by atoms with Gasteiger partial charge < -0.3 is 29.4 Å². The van der Waals surface area contributed by atoms with Crippen LogP contribution in [0.5, 0.6) is 5.88 Å². The third-order valence-corrected chi connectivity index (χ3v) is 4.19. The van der Waals surface area contributed by atoms with Crippen molar-refractivity contribution in [3.05, 3.63) is 35.4 Å². The number of aromatic nitrogens is 2. The van der Waals surface area contributed by atoms with Crippen LogP contribution in [0.4, 0.5) is 0 Å². The summed E-state index contributed by atoms with van der Waals surface area (Å²) in [6.45, 7) is 5.41. The van der Waals surface area contributed by atoms with Crippen LogP contribution in [0.1, 0.15) is 0 Å². The maximum atomic E-state index is 12.4. The zero-order valence-electron chi connectivity index (χ0n) is 14.0. The van der Waals surface area contributed by atoms with E-state index in [0.717, 1.165) is 39.3 Å². The Morgan fingerprint density at radius 1 is 1.00 bits per heavy atom. The second-order valence-corrected chi connectivity index (χ2v) is 6.24. The number of hydrogen-bond donors (Lipinski definition) is 3. The second-order valence-electron chi connectivity index (χ2n) is 6.24. The van der Waals surface area contributed by atoms with Crippen LogP contribution < -0.4 is 4.65 Å². The van der Waals surface area contributed by atoms with Gasteiger partial charge in [0.05, 0.1) is 5.70 Å². The SMILES string of the molecule is O=C1C=C(N2CC2)C(=O)C(N2CC2)=C1N1CC1.OB(O)Oc1cc[nH]n1.[KH]. The van der Waals surface area contributed by atoms with E-state index in [9.17, 15) is 9.59 Å². The van der Waals surface area contributed by atoms with Crippen molar-refractivity contribution in [2.75, 3.05) is 39.3 Å². The van der Waals surface area contributed by atoms with Crippen LogP contribution in [0.25, 0.3) is 0 Å². The van der Waals surface area contributed by atoms with Gasteiger partial charge in [0, 0.05) is 57.6 Å². The number of carbonyl (C=O) groups is 2. The molecule has 1 aromatic rings. The van der Waals surface area contributed by atoms with Crippen LogP contribution in [-0.2, 0) is 9.59 Å². The number of nitrogens with zero attached hydrogens (tertiary/aromatic N) is 4. The molecular formula is C15H19BKN5O5. The zero-order chi connectivity index (χ0) is 18.3. The molecular weight excluding hydrogens is 380 g/mol. The van der Waals surface area contributed by atoms with Gasteiger partial charge in [-0.25, -0.2) is 0 Å². The molecule has 3 aliphatic heterocycles. The fourth-order valence-electron chi connectivity index (χ4n) is 2.70. The van der Waals surface area contributed by atoms with E-state index in [-0.39, 0.29) is 68.8 Å².